The van der Waals surface area contributed by atoms with Crippen LogP contribution in [-0.2, 0) is 6.54 Å². The number of anilines is 1. The second-order valence-corrected chi connectivity index (χ2v) is 3.89. The number of aromatic nitrogens is 2. The van der Waals surface area contributed by atoms with Gasteiger partial charge >= 0.3 is 0 Å². The molecule has 4 nitrogen and oxygen atoms in total. The van der Waals surface area contributed by atoms with Gasteiger partial charge in [-0.15, -0.1) is 11.3 Å². The Balaban J connectivity index is 1.97. The van der Waals surface area contributed by atoms with Crippen molar-refractivity contribution in [3.8, 4) is 6.07 Å². The second-order valence-electron chi connectivity index (χ2n) is 2.89. The lowest BCUT2D eigenvalue weighted by atomic mass is 10.3. The maximum atomic E-state index is 8.65. The van der Waals surface area contributed by atoms with Gasteiger partial charge in [0.2, 0.25) is 0 Å². The molecule has 2 heterocycles. The van der Waals surface area contributed by atoms with Crippen LogP contribution in [0.5, 0.6) is 0 Å². The first-order chi connectivity index (χ1) is 7.38. The molecule has 15 heavy (non-hydrogen) atoms. The molecule has 0 aliphatic heterocycles. The minimum Gasteiger partial charge on any atom is -0.378 e. The van der Waals surface area contributed by atoms with Crippen LogP contribution in [0.25, 0.3) is 0 Å². The smallest absolute Gasteiger partial charge is 0.115 e. The minimum absolute atomic E-state index is 0.694. The molecule has 0 atom stereocenters. The Morgan fingerprint density at radius 2 is 2.20 bits per heavy atom. The summed E-state index contributed by atoms with van der Waals surface area (Å²) in [6.07, 6.45) is 4.92. The van der Waals surface area contributed by atoms with E-state index in [0.717, 1.165) is 10.6 Å². The first kappa shape index (κ1) is 9.62. The summed E-state index contributed by atoms with van der Waals surface area (Å²) >= 11 is 1.57. The summed E-state index contributed by atoms with van der Waals surface area (Å²) in [4.78, 5) is 8.91. The molecule has 0 saturated carbocycles. The van der Waals surface area contributed by atoms with E-state index in [9.17, 15) is 0 Å². The van der Waals surface area contributed by atoms with E-state index < -0.39 is 0 Å². The Labute approximate surface area is 91.2 Å². The summed E-state index contributed by atoms with van der Waals surface area (Å²) < 4.78 is 0. The van der Waals surface area contributed by atoms with Gasteiger partial charge in [-0.25, -0.2) is 9.97 Å². The van der Waals surface area contributed by atoms with Gasteiger partial charge < -0.3 is 5.32 Å². The van der Waals surface area contributed by atoms with Gasteiger partial charge in [0.05, 0.1) is 23.6 Å². The quantitative estimate of drug-likeness (QED) is 0.852. The summed E-state index contributed by atoms with van der Waals surface area (Å²) in [7, 11) is 0. The van der Waals surface area contributed by atoms with E-state index in [2.05, 4.69) is 21.4 Å². The van der Waals surface area contributed by atoms with Crippen molar-refractivity contribution in [3.63, 3.8) is 0 Å². The Bertz CT molecular complexity index is 472. The van der Waals surface area contributed by atoms with E-state index in [0.29, 0.717) is 12.1 Å². The lowest BCUT2D eigenvalue weighted by molar-refractivity contribution is 1.12. The molecule has 0 unspecified atom stereocenters. The molecule has 0 radical (unpaired) electrons. The third-order valence-corrected chi connectivity index (χ3v) is 2.75. The summed E-state index contributed by atoms with van der Waals surface area (Å²) in [5.74, 6) is 0. The largest absolute Gasteiger partial charge is 0.378 e. The van der Waals surface area contributed by atoms with Crippen molar-refractivity contribution in [1.82, 2.24) is 9.97 Å². The highest BCUT2D eigenvalue weighted by atomic mass is 32.1. The normalized spacial score (nSPS) is 9.53. The Morgan fingerprint density at radius 3 is 2.87 bits per heavy atom. The van der Waals surface area contributed by atoms with Gasteiger partial charge in [-0.1, -0.05) is 0 Å². The van der Waals surface area contributed by atoms with Crippen LogP contribution in [0.3, 0.4) is 0 Å². The average Bonchev–Trinajstić information content (AvgIpc) is 2.76. The first-order valence-electron chi connectivity index (χ1n) is 4.35. The molecule has 1 N–H and O–H groups in total. The van der Waals surface area contributed by atoms with Crippen LogP contribution in [0.2, 0.25) is 0 Å². The van der Waals surface area contributed by atoms with E-state index in [1.54, 1.807) is 23.7 Å². The third kappa shape index (κ3) is 2.51. The highest BCUT2D eigenvalue weighted by molar-refractivity contribution is 7.10. The molecular formula is C10H8N4S. The molecule has 5 heteroatoms. The van der Waals surface area contributed by atoms with Crippen molar-refractivity contribution in [1.29, 1.82) is 5.26 Å². The Kier molecular flexibility index (Phi) is 2.90. The lowest BCUT2D eigenvalue weighted by Crippen LogP contribution is -1.97. The van der Waals surface area contributed by atoms with Gasteiger partial charge in [-0.2, -0.15) is 5.26 Å². The Hall–Kier alpha value is -1.93. The van der Waals surface area contributed by atoms with E-state index >= 15 is 0 Å². The molecule has 2 rings (SSSR count). The fraction of sp³-hybridized carbons (Fsp3) is 0.100. The number of hydrogen-bond donors (Lipinski definition) is 1. The zero-order chi connectivity index (χ0) is 10.5. The van der Waals surface area contributed by atoms with E-state index in [1.807, 2.05) is 11.4 Å². The SMILES string of the molecule is N#Cc1csc(CNc2cncnc2)c1. The van der Waals surface area contributed by atoms with Crippen LogP contribution < -0.4 is 5.32 Å². The Morgan fingerprint density at radius 1 is 1.40 bits per heavy atom. The summed E-state index contributed by atoms with van der Waals surface area (Å²) in [5, 5.41) is 13.7. The topological polar surface area (TPSA) is 61.6 Å². The number of rotatable bonds is 3. The van der Waals surface area contributed by atoms with Gasteiger partial charge in [0.1, 0.15) is 12.4 Å². The molecule has 0 aliphatic rings. The maximum Gasteiger partial charge on any atom is 0.115 e. The van der Waals surface area contributed by atoms with Gasteiger partial charge in [0, 0.05) is 16.8 Å². The molecular weight excluding hydrogens is 208 g/mol. The zero-order valence-electron chi connectivity index (χ0n) is 7.84. The van der Waals surface area contributed by atoms with Crippen molar-refractivity contribution in [2.45, 2.75) is 6.54 Å². The van der Waals surface area contributed by atoms with Crippen LogP contribution in [0.15, 0.2) is 30.2 Å². The number of thiophene rings is 1. The molecule has 0 amide bonds. The van der Waals surface area contributed by atoms with Gasteiger partial charge in [0.25, 0.3) is 0 Å². The third-order valence-electron chi connectivity index (χ3n) is 1.81. The number of nitriles is 1. The second kappa shape index (κ2) is 4.53. The molecule has 74 valence electrons. The molecule has 0 bridgehead atoms. The summed E-state index contributed by atoms with van der Waals surface area (Å²) in [5.41, 5.74) is 1.59. The van der Waals surface area contributed by atoms with Crippen LogP contribution in [0.4, 0.5) is 5.69 Å². The monoisotopic (exact) mass is 216 g/mol. The lowest BCUT2D eigenvalue weighted by Gasteiger charge is -2.01. The average molecular weight is 216 g/mol. The zero-order valence-corrected chi connectivity index (χ0v) is 8.66. The first-order valence-corrected chi connectivity index (χ1v) is 5.23. The molecule has 0 fully saturated rings. The molecule has 0 aromatic carbocycles. The summed E-state index contributed by atoms with van der Waals surface area (Å²) in [6.45, 7) is 0.694. The van der Waals surface area contributed by atoms with E-state index in [1.165, 1.54) is 6.33 Å². The number of hydrogen-bond acceptors (Lipinski definition) is 5. The van der Waals surface area contributed by atoms with Crippen molar-refractivity contribution < 1.29 is 0 Å². The van der Waals surface area contributed by atoms with Crippen LogP contribution in [0.1, 0.15) is 10.4 Å². The highest BCUT2D eigenvalue weighted by Crippen LogP contribution is 2.15. The molecule has 0 saturated heterocycles. The highest BCUT2D eigenvalue weighted by Gasteiger charge is 1.98. The van der Waals surface area contributed by atoms with Crippen molar-refractivity contribution in [2.24, 2.45) is 0 Å². The predicted octanol–water partition coefficient (Wildman–Crippen LogP) is 2.02. The fourth-order valence-electron chi connectivity index (χ4n) is 1.11. The van der Waals surface area contributed by atoms with Crippen molar-refractivity contribution in [3.05, 3.63) is 40.6 Å². The van der Waals surface area contributed by atoms with Gasteiger partial charge in [0.15, 0.2) is 0 Å². The number of nitrogens with one attached hydrogen (secondary N) is 1. The molecule has 0 spiro atoms. The van der Waals surface area contributed by atoms with Crippen molar-refractivity contribution in [2.75, 3.05) is 5.32 Å². The molecule has 2 aromatic heterocycles. The van der Waals surface area contributed by atoms with E-state index in [-0.39, 0.29) is 0 Å². The van der Waals surface area contributed by atoms with Crippen LogP contribution in [0, 0.1) is 11.3 Å². The maximum absolute atomic E-state index is 8.65. The van der Waals surface area contributed by atoms with E-state index in [4.69, 9.17) is 5.26 Å². The molecule has 2 aromatic rings. The van der Waals surface area contributed by atoms with Crippen LogP contribution in [-0.4, -0.2) is 9.97 Å². The van der Waals surface area contributed by atoms with Crippen LogP contribution >= 0.6 is 11.3 Å². The number of nitrogens with zero attached hydrogens (tertiary/aromatic N) is 3. The summed E-state index contributed by atoms with van der Waals surface area (Å²) in [6, 6.07) is 3.98. The van der Waals surface area contributed by atoms with Crippen molar-refractivity contribution >= 4 is 17.0 Å². The minimum atomic E-state index is 0.694. The molecule has 0 aliphatic carbocycles. The predicted molar refractivity (Wildman–Crippen MR) is 58.4 cm³/mol. The van der Waals surface area contributed by atoms with Gasteiger partial charge in [-0.05, 0) is 6.07 Å². The standard InChI is InChI=1S/C10H8N4S/c11-2-8-1-10(15-6-8)5-14-9-3-12-7-13-4-9/h1,3-4,6-7,14H,5H2. The fourth-order valence-corrected chi connectivity index (χ4v) is 1.86. The van der Waals surface area contributed by atoms with Gasteiger partial charge in [-0.3, -0.25) is 0 Å².